The van der Waals surface area contributed by atoms with Crippen LogP contribution in [0.25, 0.3) is 0 Å². The second-order valence-electron chi connectivity index (χ2n) is 6.94. The summed E-state index contributed by atoms with van der Waals surface area (Å²) in [5.41, 5.74) is 1.68. The molecule has 7 heteroatoms. The van der Waals surface area contributed by atoms with E-state index in [2.05, 4.69) is 27.3 Å². The molecule has 1 amide bonds. The van der Waals surface area contributed by atoms with Crippen LogP contribution in [0.2, 0.25) is 0 Å². The Morgan fingerprint density at radius 1 is 1.33 bits per heavy atom. The quantitative estimate of drug-likeness (QED) is 0.749. The van der Waals surface area contributed by atoms with Crippen molar-refractivity contribution in [2.24, 2.45) is 0 Å². The molecule has 1 saturated heterocycles. The predicted octanol–water partition coefficient (Wildman–Crippen LogP) is 2.61. The number of nitrogens with zero attached hydrogens (tertiary/aromatic N) is 5. The summed E-state index contributed by atoms with van der Waals surface area (Å²) in [4.78, 5) is 16.7. The summed E-state index contributed by atoms with van der Waals surface area (Å²) in [5, 5.41) is 8.38. The number of carbonyl (C=O) groups is 1. The molecule has 146 valence electrons. The Balaban J connectivity index is 1.65. The molecule has 1 aliphatic heterocycles. The maximum atomic E-state index is 12.5. The Kier molecular flexibility index (Phi) is 6.45. The van der Waals surface area contributed by atoms with Gasteiger partial charge in [0.15, 0.2) is 5.69 Å². The van der Waals surface area contributed by atoms with Crippen molar-refractivity contribution in [3.05, 3.63) is 41.7 Å². The lowest BCUT2D eigenvalue weighted by atomic mass is 10.0. The highest BCUT2D eigenvalue weighted by Crippen LogP contribution is 2.23. The van der Waals surface area contributed by atoms with Gasteiger partial charge in [0.1, 0.15) is 5.75 Å². The van der Waals surface area contributed by atoms with E-state index in [1.807, 2.05) is 30.7 Å². The lowest BCUT2D eigenvalue weighted by Gasteiger charge is -2.32. The van der Waals surface area contributed by atoms with Crippen LogP contribution in [0.3, 0.4) is 0 Å². The van der Waals surface area contributed by atoms with Crippen LogP contribution in [0.1, 0.15) is 48.8 Å². The van der Waals surface area contributed by atoms with Crippen LogP contribution in [0.15, 0.2) is 30.5 Å². The van der Waals surface area contributed by atoms with Crippen LogP contribution in [-0.2, 0) is 6.54 Å². The van der Waals surface area contributed by atoms with E-state index in [-0.39, 0.29) is 11.9 Å². The zero-order valence-corrected chi connectivity index (χ0v) is 16.5. The number of carbonyl (C=O) groups excluding carboxylic acids is 1. The van der Waals surface area contributed by atoms with Crippen LogP contribution < -0.4 is 4.74 Å². The van der Waals surface area contributed by atoms with Crippen molar-refractivity contribution in [1.29, 1.82) is 0 Å². The van der Waals surface area contributed by atoms with Crippen molar-refractivity contribution in [2.45, 2.75) is 39.3 Å². The topological polar surface area (TPSA) is 63.5 Å². The van der Waals surface area contributed by atoms with Crippen LogP contribution in [0, 0.1) is 0 Å². The smallest absolute Gasteiger partial charge is 0.276 e. The number of hydrogen-bond donors (Lipinski definition) is 0. The summed E-state index contributed by atoms with van der Waals surface area (Å²) < 4.78 is 7.19. The summed E-state index contributed by atoms with van der Waals surface area (Å²) in [6.45, 7) is 8.16. The highest BCUT2D eigenvalue weighted by atomic mass is 16.5. The molecule has 1 aliphatic rings. The first kappa shape index (κ1) is 19.4. The van der Waals surface area contributed by atoms with Gasteiger partial charge in [0.05, 0.1) is 19.3 Å². The minimum absolute atomic E-state index is 0.0460. The number of likely N-dealkylation sites (tertiary alicyclic amines) is 1. The van der Waals surface area contributed by atoms with Crippen molar-refractivity contribution >= 4 is 5.91 Å². The van der Waals surface area contributed by atoms with Gasteiger partial charge in [0, 0.05) is 26.2 Å². The standard InChI is InChI=1S/C20H29N5O2/c1-4-24(5-2)20(26)19-15-25(22-21-19)17-9-7-11-23(14-17)13-16-8-6-10-18(12-16)27-3/h6,8,10,12,15,17H,4-5,7,9,11,13-14H2,1-3H3/t17-/m0/s1. The van der Waals surface area contributed by atoms with Crippen LogP contribution in [0.5, 0.6) is 5.75 Å². The maximum absolute atomic E-state index is 12.5. The highest BCUT2D eigenvalue weighted by molar-refractivity contribution is 5.91. The van der Waals surface area contributed by atoms with Crippen molar-refractivity contribution in [3.63, 3.8) is 0 Å². The molecule has 7 nitrogen and oxygen atoms in total. The fourth-order valence-corrected chi connectivity index (χ4v) is 3.65. The minimum Gasteiger partial charge on any atom is -0.497 e. The van der Waals surface area contributed by atoms with E-state index in [0.717, 1.165) is 38.2 Å². The molecule has 1 atom stereocenters. The Labute approximate surface area is 160 Å². The molecule has 1 fully saturated rings. The molecule has 0 bridgehead atoms. The summed E-state index contributed by atoms with van der Waals surface area (Å²) in [7, 11) is 1.69. The second-order valence-corrected chi connectivity index (χ2v) is 6.94. The molecule has 3 rings (SSSR count). The first-order chi connectivity index (χ1) is 13.1. The van der Waals surface area contributed by atoms with Gasteiger partial charge in [-0.25, -0.2) is 4.68 Å². The molecule has 2 aromatic rings. The number of methoxy groups -OCH3 is 1. The molecule has 0 N–H and O–H groups in total. The van der Waals surface area contributed by atoms with Gasteiger partial charge in [-0.2, -0.15) is 0 Å². The van der Waals surface area contributed by atoms with Gasteiger partial charge in [-0.15, -0.1) is 5.10 Å². The zero-order chi connectivity index (χ0) is 19.2. The Morgan fingerprint density at radius 2 is 2.15 bits per heavy atom. The predicted molar refractivity (Wildman–Crippen MR) is 104 cm³/mol. The summed E-state index contributed by atoms with van der Waals surface area (Å²) in [6, 6.07) is 8.45. The zero-order valence-electron chi connectivity index (χ0n) is 16.5. The first-order valence-corrected chi connectivity index (χ1v) is 9.71. The molecule has 0 radical (unpaired) electrons. The Bertz CT molecular complexity index is 756. The van der Waals surface area contributed by atoms with Gasteiger partial charge in [-0.1, -0.05) is 17.3 Å². The molecule has 0 spiro atoms. The summed E-state index contributed by atoms with van der Waals surface area (Å²) >= 11 is 0. The second kappa shape index (κ2) is 8.99. The number of amides is 1. The first-order valence-electron chi connectivity index (χ1n) is 9.71. The third-order valence-corrected chi connectivity index (χ3v) is 5.18. The lowest BCUT2D eigenvalue weighted by Crippen LogP contribution is -2.36. The number of hydrogen-bond acceptors (Lipinski definition) is 5. The van der Waals surface area contributed by atoms with Gasteiger partial charge >= 0.3 is 0 Å². The average molecular weight is 371 g/mol. The van der Waals surface area contributed by atoms with E-state index in [9.17, 15) is 4.79 Å². The molecule has 27 heavy (non-hydrogen) atoms. The maximum Gasteiger partial charge on any atom is 0.276 e. The number of piperidine rings is 1. The van der Waals surface area contributed by atoms with E-state index < -0.39 is 0 Å². The Hall–Kier alpha value is -2.41. The third kappa shape index (κ3) is 4.66. The van der Waals surface area contributed by atoms with E-state index in [1.54, 1.807) is 18.2 Å². The lowest BCUT2D eigenvalue weighted by molar-refractivity contribution is 0.0767. The summed E-state index contributed by atoms with van der Waals surface area (Å²) in [6.07, 6.45) is 3.96. The number of ether oxygens (including phenoxy) is 1. The van der Waals surface area contributed by atoms with Crippen LogP contribution in [-0.4, -0.2) is 64.0 Å². The summed E-state index contributed by atoms with van der Waals surface area (Å²) in [5.74, 6) is 0.840. The monoisotopic (exact) mass is 371 g/mol. The van der Waals surface area contributed by atoms with Crippen molar-refractivity contribution in [2.75, 3.05) is 33.3 Å². The molecule has 2 heterocycles. The SMILES string of the molecule is CCN(CC)C(=O)c1cn([C@H]2CCCN(Cc3cccc(OC)c3)C2)nn1. The van der Waals surface area contributed by atoms with Crippen molar-refractivity contribution < 1.29 is 9.53 Å². The van der Waals surface area contributed by atoms with E-state index in [1.165, 1.54) is 5.56 Å². The number of benzene rings is 1. The largest absolute Gasteiger partial charge is 0.497 e. The molecule has 0 aliphatic carbocycles. The average Bonchev–Trinajstić information content (AvgIpc) is 3.19. The van der Waals surface area contributed by atoms with Crippen molar-refractivity contribution in [1.82, 2.24) is 24.8 Å². The number of aromatic nitrogens is 3. The minimum atomic E-state index is -0.0460. The van der Waals surface area contributed by atoms with Crippen molar-refractivity contribution in [3.8, 4) is 5.75 Å². The van der Waals surface area contributed by atoms with E-state index in [0.29, 0.717) is 18.8 Å². The van der Waals surface area contributed by atoms with Crippen LogP contribution >= 0.6 is 0 Å². The van der Waals surface area contributed by atoms with Gasteiger partial charge in [0.2, 0.25) is 0 Å². The third-order valence-electron chi connectivity index (χ3n) is 5.18. The fourth-order valence-electron chi connectivity index (χ4n) is 3.65. The van der Waals surface area contributed by atoms with Gasteiger partial charge in [0.25, 0.3) is 5.91 Å². The molecular weight excluding hydrogens is 342 g/mol. The Morgan fingerprint density at radius 3 is 2.89 bits per heavy atom. The molecule has 1 aromatic heterocycles. The van der Waals surface area contributed by atoms with Gasteiger partial charge in [-0.3, -0.25) is 9.69 Å². The van der Waals surface area contributed by atoms with Gasteiger partial charge in [-0.05, 0) is 50.9 Å². The number of rotatable bonds is 7. The van der Waals surface area contributed by atoms with E-state index >= 15 is 0 Å². The highest BCUT2D eigenvalue weighted by Gasteiger charge is 2.24. The molecule has 0 unspecified atom stereocenters. The molecule has 1 aromatic carbocycles. The van der Waals surface area contributed by atoms with Gasteiger partial charge < -0.3 is 9.64 Å². The molecule has 0 saturated carbocycles. The molecular formula is C20H29N5O2. The van der Waals surface area contributed by atoms with Crippen LogP contribution in [0.4, 0.5) is 0 Å². The van der Waals surface area contributed by atoms with E-state index in [4.69, 9.17) is 4.74 Å². The fraction of sp³-hybridized carbons (Fsp3) is 0.550. The normalized spacial score (nSPS) is 17.7.